The van der Waals surface area contributed by atoms with E-state index in [0.29, 0.717) is 29.6 Å². The Balaban J connectivity index is 1.61. The lowest BCUT2D eigenvalue weighted by Crippen LogP contribution is -2.47. The van der Waals surface area contributed by atoms with Crippen molar-refractivity contribution in [3.05, 3.63) is 35.9 Å². The molecule has 0 bridgehead atoms. The summed E-state index contributed by atoms with van der Waals surface area (Å²) in [5.74, 6) is -0.425. The lowest BCUT2D eigenvalue weighted by atomic mass is 10.2. The molecule has 2 unspecified atom stereocenters. The molecule has 11 heteroatoms. The van der Waals surface area contributed by atoms with Gasteiger partial charge in [0.2, 0.25) is 0 Å². The van der Waals surface area contributed by atoms with Gasteiger partial charge in [0.25, 0.3) is 5.91 Å². The molecule has 3 amide bonds. The number of methoxy groups -OCH3 is 1. The fraction of sp³-hybridized carbons (Fsp3) is 0.476. The highest BCUT2D eigenvalue weighted by molar-refractivity contribution is 6.39. The number of ether oxygens (including phenoxy) is 2. The molecule has 1 aliphatic heterocycles. The van der Waals surface area contributed by atoms with Gasteiger partial charge in [-0.15, -0.1) is 0 Å². The number of nitrogens with one attached hydrogen (secondary N) is 3. The van der Waals surface area contributed by atoms with Gasteiger partial charge in [0, 0.05) is 30.9 Å². The zero-order valence-electron chi connectivity index (χ0n) is 18.5. The van der Waals surface area contributed by atoms with E-state index in [-0.39, 0.29) is 25.0 Å². The molecular formula is C21H28N6O5. The second-order valence-corrected chi connectivity index (χ2v) is 7.75. The van der Waals surface area contributed by atoms with E-state index >= 15 is 0 Å². The van der Waals surface area contributed by atoms with Crippen LogP contribution in [0.5, 0.6) is 0 Å². The van der Waals surface area contributed by atoms with Crippen LogP contribution in [-0.4, -0.2) is 70.7 Å². The molecular weight excluding hydrogens is 416 g/mol. The van der Waals surface area contributed by atoms with Crippen molar-refractivity contribution in [3.63, 3.8) is 0 Å². The summed E-state index contributed by atoms with van der Waals surface area (Å²) < 4.78 is 10.7. The van der Waals surface area contributed by atoms with Crippen molar-refractivity contribution in [3.8, 4) is 0 Å². The summed E-state index contributed by atoms with van der Waals surface area (Å²) in [4.78, 5) is 43.1. The highest BCUT2D eigenvalue weighted by Crippen LogP contribution is 2.21. The number of H-pyrrole nitrogens is 1. The first-order valence-electron chi connectivity index (χ1n) is 10.4. The third-order valence-corrected chi connectivity index (χ3v) is 5.00. The highest BCUT2D eigenvalue weighted by atomic mass is 16.5. The van der Waals surface area contributed by atoms with E-state index in [4.69, 9.17) is 9.47 Å². The number of morpholine rings is 1. The fourth-order valence-corrected chi connectivity index (χ4v) is 3.04. The first-order valence-corrected chi connectivity index (χ1v) is 10.4. The van der Waals surface area contributed by atoms with Gasteiger partial charge in [-0.1, -0.05) is 19.9 Å². The summed E-state index contributed by atoms with van der Waals surface area (Å²) in [6, 6.07) is 6.53. The topological polar surface area (TPSA) is 139 Å². The van der Waals surface area contributed by atoms with Crippen LogP contribution in [0.4, 0.5) is 11.4 Å². The number of anilines is 2. The minimum absolute atomic E-state index is 0.158. The van der Waals surface area contributed by atoms with Crippen LogP contribution in [0.25, 0.3) is 0 Å². The summed E-state index contributed by atoms with van der Waals surface area (Å²) in [5, 5.41) is 12.3. The van der Waals surface area contributed by atoms with Crippen LogP contribution >= 0.6 is 0 Å². The van der Waals surface area contributed by atoms with Gasteiger partial charge in [0.1, 0.15) is 12.2 Å². The number of aromatic nitrogens is 3. The predicted octanol–water partition coefficient (Wildman–Crippen LogP) is 1.44. The number of rotatable bonds is 6. The maximum Gasteiger partial charge on any atom is 0.313 e. The number of benzene rings is 1. The third-order valence-electron chi connectivity index (χ3n) is 5.00. The van der Waals surface area contributed by atoms with E-state index in [1.54, 1.807) is 31.2 Å². The molecule has 2 atom stereocenters. The summed E-state index contributed by atoms with van der Waals surface area (Å²) >= 11 is 0. The van der Waals surface area contributed by atoms with Crippen LogP contribution in [-0.2, 0) is 23.9 Å². The average Bonchev–Trinajstić information content (AvgIpc) is 3.29. The SMILES string of the molecule is COC(C)C(=O)Nc1cccc(NC(=O)C(=O)N2CCOC(c3nc(C(C)C)n[nH]3)C2)c1. The predicted molar refractivity (Wildman–Crippen MR) is 116 cm³/mol. The van der Waals surface area contributed by atoms with Gasteiger partial charge < -0.3 is 25.0 Å². The largest absolute Gasteiger partial charge is 0.372 e. The summed E-state index contributed by atoms with van der Waals surface area (Å²) in [6.07, 6.45) is -1.10. The van der Waals surface area contributed by atoms with E-state index in [2.05, 4.69) is 25.8 Å². The van der Waals surface area contributed by atoms with Crippen molar-refractivity contribution in [2.45, 2.75) is 38.9 Å². The molecule has 2 heterocycles. The molecule has 1 fully saturated rings. The van der Waals surface area contributed by atoms with Crippen molar-refractivity contribution in [1.29, 1.82) is 0 Å². The molecule has 0 radical (unpaired) electrons. The maximum absolute atomic E-state index is 12.7. The minimum atomic E-state index is -0.778. The molecule has 0 spiro atoms. The van der Waals surface area contributed by atoms with Crippen LogP contribution in [0, 0.1) is 0 Å². The first kappa shape index (κ1) is 23.4. The number of carbonyl (C=O) groups is 3. The van der Waals surface area contributed by atoms with Gasteiger partial charge in [-0.05, 0) is 25.1 Å². The first-order chi connectivity index (χ1) is 15.3. The second-order valence-electron chi connectivity index (χ2n) is 7.75. The normalized spacial score (nSPS) is 17.2. The Bertz CT molecular complexity index is 975. The summed E-state index contributed by atoms with van der Waals surface area (Å²) in [5.41, 5.74) is 0.856. The number of amides is 3. The zero-order valence-corrected chi connectivity index (χ0v) is 18.5. The second kappa shape index (κ2) is 10.3. The molecule has 11 nitrogen and oxygen atoms in total. The van der Waals surface area contributed by atoms with Crippen molar-refractivity contribution in [1.82, 2.24) is 20.1 Å². The van der Waals surface area contributed by atoms with Gasteiger partial charge >= 0.3 is 11.8 Å². The van der Waals surface area contributed by atoms with Gasteiger partial charge in [-0.25, -0.2) is 4.98 Å². The molecule has 1 aliphatic rings. The van der Waals surface area contributed by atoms with Crippen LogP contribution in [0.1, 0.15) is 44.4 Å². The smallest absolute Gasteiger partial charge is 0.313 e. The highest BCUT2D eigenvalue weighted by Gasteiger charge is 2.31. The van der Waals surface area contributed by atoms with Gasteiger partial charge in [-0.2, -0.15) is 5.10 Å². The number of hydrogen-bond acceptors (Lipinski definition) is 7. The molecule has 2 aromatic rings. The molecule has 0 aliphatic carbocycles. The molecule has 1 saturated heterocycles. The molecule has 1 aromatic carbocycles. The lowest BCUT2D eigenvalue weighted by molar-refractivity contribution is -0.148. The fourth-order valence-electron chi connectivity index (χ4n) is 3.04. The quantitative estimate of drug-likeness (QED) is 0.573. The van der Waals surface area contributed by atoms with Crippen molar-refractivity contribution in [2.75, 3.05) is 37.4 Å². The van der Waals surface area contributed by atoms with Crippen molar-refractivity contribution >= 4 is 29.1 Å². The third kappa shape index (κ3) is 5.68. The number of nitrogens with zero attached hydrogens (tertiary/aromatic N) is 3. The Morgan fingerprint density at radius 3 is 2.59 bits per heavy atom. The summed E-state index contributed by atoms with van der Waals surface area (Å²) in [6.45, 7) is 6.34. The van der Waals surface area contributed by atoms with E-state index in [9.17, 15) is 14.4 Å². The van der Waals surface area contributed by atoms with Crippen LogP contribution in [0.3, 0.4) is 0 Å². The number of carbonyl (C=O) groups excluding carboxylic acids is 3. The number of hydrogen-bond donors (Lipinski definition) is 3. The monoisotopic (exact) mass is 444 g/mol. The molecule has 32 heavy (non-hydrogen) atoms. The van der Waals surface area contributed by atoms with E-state index in [0.717, 1.165) is 0 Å². The average molecular weight is 444 g/mol. The minimum Gasteiger partial charge on any atom is -0.372 e. The zero-order chi connectivity index (χ0) is 23.3. The molecule has 1 aromatic heterocycles. The van der Waals surface area contributed by atoms with E-state index in [1.165, 1.54) is 12.0 Å². The van der Waals surface area contributed by atoms with Gasteiger partial charge in [0.05, 0.1) is 13.2 Å². The van der Waals surface area contributed by atoms with Crippen molar-refractivity contribution in [2.24, 2.45) is 0 Å². The Morgan fingerprint density at radius 1 is 1.22 bits per heavy atom. The van der Waals surface area contributed by atoms with Gasteiger partial charge in [0.15, 0.2) is 11.6 Å². The van der Waals surface area contributed by atoms with Crippen LogP contribution in [0.2, 0.25) is 0 Å². The molecule has 172 valence electrons. The molecule has 3 N–H and O–H groups in total. The Kier molecular flexibility index (Phi) is 7.54. The summed E-state index contributed by atoms with van der Waals surface area (Å²) in [7, 11) is 1.44. The van der Waals surface area contributed by atoms with Crippen LogP contribution < -0.4 is 10.6 Å². The molecule has 3 rings (SSSR count). The van der Waals surface area contributed by atoms with E-state index < -0.39 is 24.0 Å². The van der Waals surface area contributed by atoms with Gasteiger partial charge in [-0.3, -0.25) is 19.5 Å². The Hall–Kier alpha value is -3.31. The van der Waals surface area contributed by atoms with E-state index in [1.807, 2.05) is 13.8 Å². The number of aromatic amines is 1. The standard InChI is InChI=1S/C21H28N6O5/c1-12(2)17-24-18(26-25-17)16-11-27(8-9-32-16)21(30)20(29)23-15-7-5-6-14(10-15)22-19(28)13(3)31-4/h5-7,10,12-13,16H,8-9,11H2,1-4H3,(H,22,28)(H,23,29)(H,24,25,26). The lowest BCUT2D eigenvalue weighted by Gasteiger charge is -2.31. The molecule has 0 saturated carbocycles. The van der Waals surface area contributed by atoms with Crippen molar-refractivity contribution < 1.29 is 23.9 Å². The maximum atomic E-state index is 12.7. The Morgan fingerprint density at radius 2 is 1.94 bits per heavy atom. The van der Waals surface area contributed by atoms with Crippen LogP contribution in [0.15, 0.2) is 24.3 Å². The Labute approximate surface area is 185 Å².